The van der Waals surface area contributed by atoms with E-state index in [-0.39, 0.29) is 0 Å². The molecule has 0 spiro atoms. The van der Waals surface area contributed by atoms with Crippen molar-refractivity contribution >= 4 is 46.4 Å². The predicted molar refractivity (Wildman–Crippen MR) is 88.1 cm³/mol. The Hall–Kier alpha value is -0.390. The quantitative estimate of drug-likeness (QED) is 0.644. The van der Waals surface area contributed by atoms with E-state index in [1.54, 1.807) is 11.8 Å². The van der Waals surface area contributed by atoms with Crippen LogP contribution in [0.1, 0.15) is 18.9 Å². The fourth-order valence-electron chi connectivity index (χ4n) is 2.05. The maximum atomic E-state index is 5.89. The van der Waals surface area contributed by atoms with Gasteiger partial charge in [0.2, 0.25) is 0 Å². The largest absolute Gasteiger partial charge is 0.389 e. The highest BCUT2D eigenvalue weighted by Gasteiger charge is 2.18. The summed E-state index contributed by atoms with van der Waals surface area (Å²) in [4.78, 5) is 1.67. The molecule has 5 heteroatoms. The van der Waals surface area contributed by atoms with Crippen LogP contribution in [-0.2, 0) is 0 Å². The molecule has 0 radical (unpaired) electrons. The first-order valence-electron chi connectivity index (χ1n) is 6.12. The summed E-state index contributed by atoms with van der Waals surface area (Å²) in [7, 11) is 0. The topological polar surface area (TPSA) is 38.0 Å². The van der Waals surface area contributed by atoms with Crippen molar-refractivity contribution in [2.24, 2.45) is 5.73 Å². The molecule has 1 unspecified atom stereocenters. The zero-order valence-electron chi connectivity index (χ0n) is 10.4. The first-order valence-corrected chi connectivity index (χ1v) is 8.67. The molecular formula is C13H18N2S3. The van der Waals surface area contributed by atoms with E-state index in [9.17, 15) is 0 Å². The van der Waals surface area contributed by atoms with Crippen molar-refractivity contribution in [2.45, 2.75) is 24.3 Å². The Morgan fingerprint density at radius 3 is 3.06 bits per heavy atom. The van der Waals surface area contributed by atoms with Crippen LogP contribution in [0, 0.1) is 0 Å². The molecule has 2 rings (SSSR count). The van der Waals surface area contributed by atoms with Crippen LogP contribution in [0.2, 0.25) is 0 Å². The van der Waals surface area contributed by atoms with E-state index in [2.05, 4.69) is 30.4 Å². The SMILES string of the molecule is CCSc1cccc(NC2CCSC2)c1C(N)=S. The van der Waals surface area contributed by atoms with E-state index >= 15 is 0 Å². The van der Waals surface area contributed by atoms with E-state index in [1.165, 1.54) is 22.8 Å². The fourth-order valence-corrected chi connectivity index (χ4v) is 4.34. The highest BCUT2D eigenvalue weighted by molar-refractivity contribution is 7.99. The maximum Gasteiger partial charge on any atom is 0.107 e. The van der Waals surface area contributed by atoms with Crippen LogP contribution in [0.5, 0.6) is 0 Å². The van der Waals surface area contributed by atoms with Gasteiger partial charge in [0.15, 0.2) is 0 Å². The third-order valence-corrected chi connectivity index (χ3v) is 5.17. The molecule has 1 saturated heterocycles. The summed E-state index contributed by atoms with van der Waals surface area (Å²) in [6.45, 7) is 2.14. The Morgan fingerprint density at radius 1 is 1.61 bits per heavy atom. The second-order valence-electron chi connectivity index (χ2n) is 4.18. The predicted octanol–water partition coefficient (Wildman–Crippen LogP) is 3.35. The molecule has 1 aliphatic heterocycles. The number of thiocarbonyl (C=S) groups is 1. The molecule has 2 nitrogen and oxygen atoms in total. The van der Waals surface area contributed by atoms with Gasteiger partial charge < -0.3 is 11.1 Å². The third kappa shape index (κ3) is 3.33. The first-order chi connectivity index (χ1) is 8.72. The molecule has 0 aliphatic carbocycles. The van der Waals surface area contributed by atoms with Crippen LogP contribution >= 0.6 is 35.7 Å². The molecule has 0 bridgehead atoms. The zero-order chi connectivity index (χ0) is 13.0. The minimum absolute atomic E-state index is 0.486. The molecule has 18 heavy (non-hydrogen) atoms. The van der Waals surface area contributed by atoms with Crippen LogP contribution in [-0.4, -0.2) is 28.3 Å². The number of hydrogen-bond acceptors (Lipinski definition) is 4. The second kappa shape index (κ2) is 6.68. The number of rotatable bonds is 5. The van der Waals surface area contributed by atoms with Crippen molar-refractivity contribution in [3.63, 3.8) is 0 Å². The fraction of sp³-hybridized carbons (Fsp3) is 0.462. The van der Waals surface area contributed by atoms with Gasteiger partial charge in [-0.25, -0.2) is 0 Å². The number of nitrogens with two attached hydrogens (primary N) is 1. The molecular weight excluding hydrogens is 280 g/mol. The van der Waals surface area contributed by atoms with Gasteiger partial charge in [0, 0.05) is 27.9 Å². The second-order valence-corrected chi connectivity index (χ2v) is 7.08. The molecule has 1 aromatic rings. The van der Waals surface area contributed by atoms with Gasteiger partial charge in [-0.15, -0.1) is 11.8 Å². The molecule has 1 aliphatic rings. The van der Waals surface area contributed by atoms with E-state index in [0.717, 1.165) is 17.0 Å². The number of thioether (sulfide) groups is 2. The van der Waals surface area contributed by atoms with E-state index < -0.39 is 0 Å². The Kier molecular flexibility index (Phi) is 5.21. The summed E-state index contributed by atoms with van der Waals surface area (Å²) in [5.74, 6) is 3.43. The van der Waals surface area contributed by atoms with Crippen molar-refractivity contribution < 1.29 is 0 Å². The summed E-state index contributed by atoms with van der Waals surface area (Å²) in [6, 6.07) is 6.79. The summed E-state index contributed by atoms with van der Waals surface area (Å²) in [5.41, 5.74) is 7.99. The minimum Gasteiger partial charge on any atom is -0.389 e. The van der Waals surface area contributed by atoms with Crippen molar-refractivity contribution in [1.82, 2.24) is 0 Å². The van der Waals surface area contributed by atoms with Crippen molar-refractivity contribution in [2.75, 3.05) is 22.6 Å². The molecule has 98 valence electrons. The molecule has 0 saturated carbocycles. The first kappa shape index (κ1) is 14.0. The van der Waals surface area contributed by atoms with Crippen molar-refractivity contribution in [3.05, 3.63) is 23.8 Å². The maximum absolute atomic E-state index is 5.89. The van der Waals surface area contributed by atoms with E-state index in [1.807, 2.05) is 11.8 Å². The molecule has 1 aromatic carbocycles. The van der Waals surface area contributed by atoms with Crippen LogP contribution in [0.4, 0.5) is 5.69 Å². The van der Waals surface area contributed by atoms with E-state index in [0.29, 0.717) is 11.0 Å². The van der Waals surface area contributed by atoms with Gasteiger partial charge in [-0.2, -0.15) is 11.8 Å². The summed E-state index contributed by atoms with van der Waals surface area (Å²) in [5, 5.41) is 3.59. The molecule has 1 heterocycles. The third-order valence-electron chi connectivity index (χ3n) is 2.86. The van der Waals surface area contributed by atoms with Gasteiger partial charge in [0.25, 0.3) is 0 Å². The van der Waals surface area contributed by atoms with Gasteiger partial charge in [-0.1, -0.05) is 25.2 Å². The summed E-state index contributed by atoms with van der Waals surface area (Å²) < 4.78 is 0. The Bertz CT molecular complexity index is 428. The van der Waals surface area contributed by atoms with Gasteiger partial charge >= 0.3 is 0 Å². The number of benzene rings is 1. The Balaban J connectivity index is 2.26. The van der Waals surface area contributed by atoms with Gasteiger partial charge in [-0.05, 0) is 30.1 Å². The molecule has 0 aromatic heterocycles. The lowest BCUT2D eigenvalue weighted by molar-refractivity contribution is 0.812. The Morgan fingerprint density at radius 2 is 2.44 bits per heavy atom. The number of hydrogen-bond donors (Lipinski definition) is 2. The van der Waals surface area contributed by atoms with Crippen LogP contribution in [0.25, 0.3) is 0 Å². The van der Waals surface area contributed by atoms with Crippen LogP contribution < -0.4 is 11.1 Å². The molecule has 0 amide bonds. The lowest BCUT2D eigenvalue weighted by atomic mass is 10.1. The molecule has 3 N–H and O–H groups in total. The molecule has 1 atom stereocenters. The normalized spacial score (nSPS) is 18.8. The number of nitrogens with one attached hydrogen (secondary N) is 1. The van der Waals surface area contributed by atoms with Crippen LogP contribution in [0.3, 0.4) is 0 Å². The zero-order valence-corrected chi connectivity index (χ0v) is 12.9. The minimum atomic E-state index is 0.486. The highest BCUT2D eigenvalue weighted by atomic mass is 32.2. The smallest absolute Gasteiger partial charge is 0.107 e. The highest BCUT2D eigenvalue weighted by Crippen LogP contribution is 2.30. The van der Waals surface area contributed by atoms with Gasteiger partial charge in [0.05, 0.1) is 0 Å². The monoisotopic (exact) mass is 298 g/mol. The lowest BCUT2D eigenvalue weighted by Crippen LogP contribution is -2.22. The Labute approximate surface area is 122 Å². The van der Waals surface area contributed by atoms with Crippen molar-refractivity contribution in [3.8, 4) is 0 Å². The summed E-state index contributed by atoms with van der Waals surface area (Å²) in [6.07, 6.45) is 1.21. The average molecular weight is 299 g/mol. The number of anilines is 1. The van der Waals surface area contributed by atoms with E-state index in [4.69, 9.17) is 18.0 Å². The van der Waals surface area contributed by atoms with Crippen molar-refractivity contribution in [1.29, 1.82) is 0 Å². The lowest BCUT2D eigenvalue weighted by Gasteiger charge is -2.18. The standard InChI is InChI=1S/C13H18N2S3/c1-2-18-11-5-3-4-10(12(11)13(14)16)15-9-6-7-17-8-9/h3-5,9,15H,2,6-8H2,1H3,(H2,14,16). The molecule has 1 fully saturated rings. The van der Waals surface area contributed by atoms with Crippen LogP contribution in [0.15, 0.2) is 23.1 Å². The van der Waals surface area contributed by atoms with Gasteiger partial charge in [0.1, 0.15) is 4.99 Å². The van der Waals surface area contributed by atoms with Gasteiger partial charge in [-0.3, -0.25) is 0 Å². The average Bonchev–Trinajstić information content (AvgIpc) is 2.82. The summed E-state index contributed by atoms with van der Waals surface area (Å²) >= 11 is 9.00.